The molecule has 2 rings (SSSR count). The van der Waals surface area contributed by atoms with Gasteiger partial charge >= 0.3 is 0 Å². The predicted octanol–water partition coefficient (Wildman–Crippen LogP) is 2.54. The van der Waals surface area contributed by atoms with E-state index in [2.05, 4.69) is 21.2 Å². The summed E-state index contributed by atoms with van der Waals surface area (Å²) in [6, 6.07) is 1.98. The highest BCUT2D eigenvalue weighted by molar-refractivity contribution is 9.10. The molecule has 1 aromatic rings. The number of rotatable bonds is 2. The van der Waals surface area contributed by atoms with Gasteiger partial charge in [0.25, 0.3) is 0 Å². The number of benzene rings is 1. The van der Waals surface area contributed by atoms with Crippen LogP contribution in [0.3, 0.4) is 0 Å². The van der Waals surface area contributed by atoms with Crippen molar-refractivity contribution in [2.45, 2.75) is 13.0 Å². The average molecular weight is 352 g/mol. The molecule has 19 heavy (non-hydrogen) atoms. The van der Waals surface area contributed by atoms with E-state index in [1.165, 1.54) is 6.07 Å². The summed E-state index contributed by atoms with van der Waals surface area (Å²) in [5, 5.41) is 2.80. The molecule has 1 aliphatic rings. The van der Waals surface area contributed by atoms with Gasteiger partial charge in [0.1, 0.15) is 5.82 Å². The van der Waals surface area contributed by atoms with Crippen LogP contribution in [0.15, 0.2) is 16.6 Å². The van der Waals surface area contributed by atoms with E-state index in [1.54, 1.807) is 6.92 Å². The third-order valence-corrected chi connectivity index (χ3v) is 4.21. The first-order chi connectivity index (χ1) is 8.84. The monoisotopic (exact) mass is 350 g/mol. The molecule has 1 aliphatic heterocycles. The van der Waals surface area contributed by atoms with Crippen molar-refractivity contribution in [2.75, 3.05) is 18.5 Å². The number of halogens is 3. The lowest BCUT2D eigenvalue weighted by Crippen LogP contribution is -2.47. The van der Waals surface area contributed by atoms with Gasteiger partial charge in [0, 0.05) is 10.5 Å². The van der Waals surface area contributed by atoms with Crippen molar-refractivity contribution in [1.29, 1.82) is 0 Å². The molecule has 3 N–H and O–H groups in total. The first-order valence-corrected chi connectivity index (χ1v) is 6.81. The zero-order chi connectivity index (χ0) is 14.2. The van der Waals surface area contributed by atoms with Crippen LogP contribution in [0.5, 0.6) is 0 Å². The van der Waals surface area contributed by atoms with Gasteiger partial charge in [-0.3, -0.25) is 4.79 Å². The molecule has 0 bridgehead atoms. The summed E-state index contributed by atoms with van der Waals surface area (Å²) < 4.78 is 18.7. The Balaban J connectivity index is 2.25. The van der Waals surface area contributed by atoms with E-state index in [-0.39, 0.29) is 23.6 Å². The van der Waals surface area contributed by atoms with Crippen molar-refractivity contribution in [1.82, 2.24) is 0 Å². The van der Waals surface area contributed by atoms with E-state index < -0.39 is 11.2 Å². The number of ether oxygens (including phenoxy) is 1. The van der Waals surface area contributed by atoms with Crippen LogP contribution in [0.1, 0.15) is 6.92 Å². The molecule has 4 nitrogen and oxygen atoms in total. The van der Waals surface area contributed by atoms with Crippen molar-refractivity contribution in [2.24, 2.45) is 11.1 Å². The Labute approximate surface area is 123 Å². The van der Waals surface area contributed by atoms with Gasteiger partial charge in [-0.25, -0.2) is 4.39 Å². The van der Waals surface area contributed by atoms with Crippen molar-refractivity contribution in [3.05, 3.63) is 27.4 Å². The molecule has 2 atom stereocenters. The maximum atomic E-state index is 13.1. The van der Waals surface area contributed by atoms with Crippen LogP contribution in [-0.4, -0.2) is 25.2 Å². The Kier molecular flexibility index (Phi) is 4.15. The quantitative estimate of drug-likeness (QED) is 0.860. The topological polar surface area (TPSA) is 64.3 Å². The zero-order valence-corrected chi connectivity index (χ0v) is 12.5. The molecule has 1 saturated heterocycles. The number of nitrogens with one attached hydrogen (secondary N) is 1. The van der Waals surface area contributed by atoms with Crippen LogP contribution in [-0.2, 0) is 9.53 Å². The van der Waals surface area contributed by atoms with Crippen LogP contribution in [0.25, 0.3) is 0 Å². The predicted molar refractivity (Wildman–Crippen MR) is 74.6 cm³/mol. The summed E-state index contributed by atoms with van der Waals surface area (Å²) in [5.74, 6) is -0.784. The maximum absolute atomic E-state index is 13.1. The summed E-state index contributed by atoms with van der Waals surface area (Å²) in [5.41, 5.74) is 5.38. The molecule has 7 heteroatoms. The molecule has 104 valence electrons. The number of anilines is 1. The van der Waals surface area contributed by atoms with Crippen LogP contribution in [0.2, 0.25) is 5.02 Å². The number of hydrogen-bond acceptors (Lipinski definition) is 3. The minimum atomic E-state index is -0.822. The van der Waals surface area contributed by atoms with Crippen LogP contribution >= 0.6 is 27.5 Å². The number of carbonyl (C=O) groups excluding carboxylic acids is 1. The third kappa shape index (κ3) is 2.76. The minimum absolute atomic E-state index is 0.122. The molecule has 1 heterocycles. The lowest BCUT2D eigenvalue weighted by atomic mass is 9.85. The van der Waals surface area contributed by atoms with Crippen LogP contribution in [0, 0.1) is 11.2 Å². The Morgan fingerprint density at radius 1 is 1.68 bits per heavy atom. The molecule has 1 amide bonds. The Bertz CT molecular complexity index is 505. The lowest BCUT2D eigenvalue weighted by Gasteiger charge is -2.26. The molecule has 2 unspecified atom stereocenters. The SMILES string of the molecule is CC1(C(=O)Nc2c(Cl)cc(F)cc2Br)COCC1N. The largest absolute Gasteiger partial charge is 0.379 e. The summed E-state index contributed by atoms with van der Waals surface area (Å²) in [7, 11) is 0. The Hall–Kier alpha value is -0.690. The van der Waals surface area contributed by atoms with Gasteiger partial charge in [0.05, 0.1) is 29.3 Å². The zero-order valence-electron chi connectivity index (χ0n) is 10.2. The summed E-state index contributed by atoms with van der Waals surface area (Å²) in [6.45, 7) is 2.31. The van der Waals surface area contributed by atoms with E-state index in [1.807, 2.05) is 0 Å². The molecule has 1 aromatic carbocycles. The third-order valence-electron chi connectivity index (χ3n) is 3.28. The number of hydrogen-bond donors (Lipinski definition) is 2. The summed E-state index contributed by atoms with van der Waals surface area (Å²) in [6.07, 6.45) is 0. The van der Waals surface area contributed by atoms with Crippen LogP contribution in [0.4, 0.5) is 10.1 Å². The fourth-order valence-electron chi connectivity index (χ4n) is 1.84. The summed E-state index contributed by atoms with van der Waals surface area (Å²) in [4.78, 5) is 12.3. The maximum Gasteiger partial charge on any atom is 0.234 e. The Morgan fingerprint density at radius 3 is 2.89 bits per heavy atom. The molecule has 0 saturated carbocycles. The normalized spacial score (nSPS) is 26.5. The van der Waals surface area contributed by atoms with Gasteiger partial charge < -0.3 is 15.8 Å². The highest BCUT2D eigenvalue weighted by Crippen LogP contribution is 2.35. The first kappa shape index (κ1) is 14.7. The number of nitrogens with two attached hydrogens (primary N) is 1. The second-order valence-electron chi connectivity index (χ2n) is 4.74. The molecular weight excluding hydrogens is 338 g/mol. The van der Waals surface area contributed by atoms with E-state index >= 15 is 0 Å². The molecule has 0 aromatic heterocycles. The van der Waals surface area contributed by atoms with E-state index in [9.17, 15) is 9.18 Å². The fraction of sp³-hybridized carbons (Fsp3) is 0.417. The molecule has 1 fully saturated rings. The van der Waals surface area contributed by atoms with Crippen molar-refractivity contribution in [3.63, 3.8) is 0 Å². The molecule has 0 radical (unpaired) electrons. The standard InChI is InChI=1S/C12H13BrClFN2O2/c1-12(5-19-4-9(12)16)11(18)17-10-7(13)2-6(15)3-8(10)14/h2-3,9H,4-5,16H2,1H3,(H,17,18). The van der Waals surface area contributed by atoms with Crippen molar-refractivity contribution in [3.8, 4) is 0 Å². The second kappa shape index (κ2) is 5.36. The highest BCUT2D eigenvalue weighted by atomic mass is 79.9. The fourth-order valence-corrected chi connectivity index (χ4v) is 2.74. The highest BCUT2D eigenvalue weighted by Gasteiger charge is 2.44. The molecular formula is C12H13BrClFN2O2. The van der Waals surface area contributed by atoms with Gasteiger partial charge in [-0.2, -0.15) is 0 Å². The van der Waals surface area contributed by atoms with Gasteiger partial charge in [0.15, 0.2) is 0 Å². The van der Waals surface area contributed by atoms with Gasteiger partial charge in [-0.1, -0.05) is 11.6 Å². The summed E-state index contributed by atoms with van der Waals surface area (Å²) >= 11 is 9.09. The van der Waals surface area contributed by atoms with Crippen LogP contribution < -0.4 is 11.1 Å². The van der Waals surface area contributed by atoms with Gasteiger partial charge in [-0.05, 0) is 35.0 Å². The van der Waals surface area contributed by atoms with E-state index in [0.717, 1.165) is 6.07 Å². The van der Waals surface area contributed by atoms with E-state index in [0.29, 0.717) is 16.8 Å². The smallest absolute Gasteiger partial charge is 0.234 e. The lowest BCUT2D eigenvalue weighted by molar-refractivity contribution is -0.125. The molecule has 0 spiro atoms. The number of carbonyl (C=O) groups is 1. The van der Waals surface area contributed by atoms with Crippen molar-refractivity contribution >= 4 is 39.1 Å². The second-order valence-corrected chi connectivity index (χ2v) is 6.00. The Morgan fingerprint density at radius 2 is 2.37 bits per heavy atom. The minimum Gasteiger partial charge on any atom is -0.379 e. The van der Waals surface area contributed by atoms with E-state index in [4.69, 9.17) is 22.1 Å². The average Bonchev–Trinajstić information content (AvgIpc) is 2.65. The molecule has 0 aliphatic carbocycles. The van der Waals surface area contributed by atoms with Crippen molar-refractivity contribution < 1.29 is 13.9 Å². The van der Waals surface area contributed by atoms with Gasteiger partial charge in [0.2, 0.25) is 5.91 Å². The van der Waals surface area contributed by atoms with Gasteiger partial charge in [-0.15, -0.1) is 0 Å². The number of amides is 1. The first-order valence-electron chi connectivity index (χ1n) is 5.64.